The smallest absolute Gasteiger partial charge is 0.294 e. The molecule has 0 radical (unpaired) electrons. The van der Waals surface area contributed by atoms with Crippen molar-refractivity contribution in [3.63, 3.8) is 0 Å². The molecule has 33 heavy (non-hydrogen) atoms. The Bertz CT molecular complexity index is 1210. The third-order valence-corrected chi connectivity index (χ3v) is 4.84. The highest BCUT2D eigenvalue weighted by atomic mass is 17.0. The molecule has 0 fully saturated rings. The van der Waals surface area contributed by atoms with Crippen LogP contribution in [0.5, 0.6) is 5.75 Å². The van der Waals surface area contributed by atoms with Crippen LogP contribution in [-0.2, 0) is 16.1 Å². The molecule has 0 bridgehead atoms. The summed E-state index contributed by atoms with van der Waals surface area (Å²) in [5.41, 5.74) is 1.08. The van der Waals surface area contributed by atoms with E-state index in [-0.39, 0.29) is 18.4 Å². The summed E-state index contributed by atoms with van der Waals surface area (Å²) in [6, 6.07) is 10.1. The van der Waals surface area contributed by atoms with E-state index < -0.39 is 28.5 Å². The van der Waals surface area contributed by atoms with E-state index in [0.717, 1.165) is 0 Å². The summed E-state index contributed by atoms with van der Waals surface area (Å²) >= 11 is 0. The number of rotatable bonds is 9. The molecule has 0 spiro atoms. The highest BCUT2D eigenvalue weighted by molar-refractivity contribution is 5.74. The molecule has 0 saturated heterocycles. The number of ether oxygens (including phenoxy) is 1. The van der Waals surface area contributed by atoms with Crippen molar-refractivity contribution in [2.75, 3.05) is 6.61 Å². The van der Waals surface area contributed by atoms with Gasteiger partial charge in [0.05, 0.1) is 17.3 Å². The first-order valence-electron chi connectivity index (χ1n) is 9.85. The fourth-order valence-electron chi connectivity index (χ4n) is 3.44. The molecule has 1 aliphatic rings. The first-order chi connectivity index (χ1) is 15.6. The number of nitrogens with zero attached hydrogens (tertiary/aromatic N) is 4. The Balaban J connectivity index is 1.85. The molecule has 0 saturated carbocycles. The summed E-state index contributed by atoms with van der Waals surface area (Å²) in [4.78, 5) is 42.5. The molecular formula is C21H20N4O8. The van der Waals surface area contributed by atoms with Gasteiger partial charge in [-0.15, -0.1) is 20.2 Å². The third kappa shape index (κ3) is 5.85. The van der Waals surface area contributed by atoms with Gasteiger partial charge < -0.3 is 14.4 Å². The predicted molar refractivity (Wildman–Crippen MR) is 113 cm³/mol. The average molecular weight is 456 g/mol. The van der Waals surface area contributed by atoms with Crippen molar-refractivity contribution in [3.05, 3.63) is 89.9 Å². The molecule has 12 heteroatoms. The van der Waals surface area contributed by atoms with Gasteiger partial charge in [0.2, 0.25) is 0 Å². The third-order valence-electron chi connectivity index (χ3n) is 4.84. The maximum atomic E-state index is 12.9. The van der Waals surface area contributed by atoms with Crippen LogP contribution >= 0.6 is 0 Å². The number of pyridine rings is 1. The number of nitriles is 1. The van der Waals surface area contributed by atoms with Gasteiger partial charge in [-0.3, -0.25) is 9.36 Å². The minimum Gasteiger partial charge on any atom is -0.483 e. The fourth-order valence-corrected chi connectivity index (χ4v) is 3.44. The number of aromatic nitrogens is 1. The number of benzene rings is 1. The Morgan fingerprint density at radius 3 is 2.61 bits per heavy atom. The summed E-state index contributed by atoms with van der Waals surface area (Å²) in [7, 11) is 0. The number of hydrogen-bond donors (Lipinski definition) is 0. The van der Waals surface area contributed by atoms with Crippen molar-refractivity contribution in [2.24, 2.45) is 0 Å². The largest absolute Gasteiger partial charge is 0.483 e. The molecular weight excluding hydrogens is 436 g/mol. The Morgan fingerprint density at radius 2 is 1.97 bits per heavy atom. The van der Waals surface area contributed by atoms with Crippen molar-refractivity contribution in [2.45, 2.75) is 38.4 Å². The molecule has 0 N–H and O–H groups in total. The first kappa shape index (κ1) is 23.3. The van der Waals surface area contributed by atoms with Gasteiger partial charge >= 0.3 is 0 Å². The zero-order chi connectivity index (χ0) is 24.2. The van der Waals surface area contributed by atoms with Gasteiger partial charge in [0, 0.05) is 17.8 Å². The monoisotopic (exact) mass is 456 g/mol. The lowest BCUT2D eigenvalue weighted by Crippen LogP contribution is -2.32. The van der Waals surface area contributed by atoms with Gasteiger partial charge in [0.15, 0.2) is 0 Å². The van der Waals surface area contributed by atoms with E-state index in [1.54, 1.807) is 36.5 Å². The normalized spacial score (nSPS) is 14.6. The summed E-state index contributed by atoms with van der Waals surface area (Å²) in [5, 5.41) is 28.1. The fraction of sp³-hybridized carbons (Fsp3) is 0.333. The minimum absolute atomic E-state index is 0.0240. The van der Waals surface area contributed by atoms with Gasteiger partial charge in [-0.1, -0.05) is 0 Å². The summed E-state index contributed by atoms with van der Waals surface area (Å²) in [6.07, 6.45) is 2.40. The van der Waals surface area contributed by atoms with Crippen molar-refractivity contribution in [1.29, 1.82) is 5.26 Å². The van der Waals surface area contributed by atoms with Crippen molar-refractivity contribution < 1.29 is 24.6 Å². The Morgan fingerprint density at radius 1 is 1.21 bits per heavy atom. The maximum Gasteiger partial charge on any atom is 0.294 e. The molecule has 12 nitrogen and oxygen atoms in total. The molecule has 1 aliphatic heterocycles. The zero-order valence-electron chi connectivity index (χ0n) is 17.8. The first-order valence-corrected chi connectivity index (χ1v) is 9.85. The van der Waals surface area contributed by atoms with Gasteiger partial charge in [0.1, 0.15) is 24.1 Å². The molecule has 0 amide bonds. The van der Waals surface area contributed by atoms with Crippen LogP contribution in [0.15, 0.2) is 47.4 Å². The Hall–Kier alpha value is -4.40. The van der Waals surface area contributed by atoms with E-state index >= 15 is 0 Å². The summed E-state index contributed by atoms with van der Waals surface area (Å²) < 4.78 is 7.37. The second-order valence-corrected chi connectivity index (χ2v) is 7.81. The molecule has 2 heterocycles. The van der Waals surface area contributed by atoms with Crippen LogP contribution in [0.1, 0.15) is 37.0 Å². The SMILES string of the molecule is CC1(C)C=C(n2ccc(CCC(CO[N+](=O)[O-])O[N+](=O)[O-])cc2=O)c2cc(C#N)ccc2O1. The van der Waals surface area contributed by atoms with Crippen LogP contribution in [-0.4, -0.2) is 33.1 Å². The van der Waals surface area contributed by atoms with E-state index in [4.69, 9.17) is 4.74 Å². The second-order valence-electron chi connectivity index (χ2n) is 7.81. The molecule has 2 aromatic rings. The summed E-state index contributed by atoms with van der Waals surface area (Å²) in [6.45, 7) is 3.08. The molecule has 1 unspecified atom stereocenters. The highest BCUT2D eigenvalue weighted by Crippen LogP contribution is 2.36. The van der Waals surface area contributed by atoms with Crippen molar-refractivity contribution >= 4 is 5.70 Å². The second kappa shape index (κ2) is 9.39. The van der Waals surface area contributed by atoms with E-state index in [1.165, 1.54) is 10.6 Å². The lowest BCUT2D eigenvalue weighted by atomic mass is 9.97. The molecule has 1 aromatic carbocycles. The Kier molecular flexibility index (Phi) is 6.62. The van der Waals surface area contributed by atoms with Crippen LogP contribution in [0.4, 0.5) is 0 Å². The molecule has 1 atom stereocenters. The van der Waals surface area contributed by atoms with Gasteiger partial charge in [-0.2, -0.15) is 5.26 Å². The molecule has 1 aromatic heterocycles. The standard InChI is InChI=1S/C21H20N4O8/c1-21(2)11-18(17-9-15(12-22)4-6-19(17)32-21)23-8-7-14(10-20(23)26)3-5-16(33-25(29)30)13-31-24(27)28/h4,6-11,16H,3,5,13H2,1-2H3. The van der Waals surface area contributed by atoms with Gasteiger partial charge in [-0.05, 0) is 62.6 Å². The number of fused-ring (bicyclic) bond motifs is 1. The van der Waals surface area contributed by atoms with E-state index in [0.29, 0.717) is 28.1 Å². The lowest BCUT2D eigenvalue weighted by Gasteiger charge is -2.31. The van der Waals surface area contributed by atoms with E-state index in [9.17, 15) is 30.3 Å². The average Bonchev–Trinajstić information content (AvgIpc) is 2.74. The van der Waals surface area contributed by atoms with Crippen LogP contribution in [0, 0.1) is 31.6 Å². The summed E-state index contributed by atoms with van der Waals surface area (Å²) in [5.74, 6) is 0.540. The number of hydrogen-bond acceptors (Lipinski definition) is 9. The van der Waals surface area contributed by atoms with Crippen LogP contribution in [0.25, 0.3) is 5.70 Å². The topological polar surface area (TPSA) is 160 Å². The molecule has 172 valence electrons. The van der Waals surface area contributed by atoms with Crippen molar-refractivity contribution in [3.8, 4) is 11.8 Å². The highest BCUT2D eigenvalue weighted by Gasteiger charge is 2.28. The van der Waals surface area contributed by atoms with Crippen LogP contribution in [0.3, 0.4) is 0 Å². The molecule has 3 rings (SSSR count). The van der Waals surface area contributed by atoms with E-state index in [1.807, 2.05) is 13.8 Å². The lowest BCUT2D eigenvalue weighted by molar-refractivity contribution is -0.790. The number of aryl methyl sites for hydroxylation is 1. The quantitative estimate of drug-likeness (QED) is 0.408. The predicted octanol–water partition coefficient (Wildman–Crippen LogP) is 2.50. The zero-order valence-corrected chi connectivity index (χ0v) is 17.8. The van der Waals surface area contributed by atoms with Gasteiger partial charge in [-0.25, -0.2) is 0 Å². The van der Waals surface area contributed by atoms with Crippen molar-refractivity contribution in [1.82, 2.24) is 4.57 Å². The maximum absolute atomic E-state index is 12.9. The van der Waals surface area contributed by atoms with Crippen LogP contribution in [0.2, 0.25) is 0 Å². The van der Waals surface area contributed by atoms with E-state index in [2.05, 4.69) is 15.7 Å². The van der Waals surface area contributed by atoms with Crippen LogP contribution < -0.4 is 10.3 Å². The van der Waals surface area contributed by atoms with Gasteiger partial charge in [0.25, 0.3) is 15.7 Å². The Labute approximate surface area is 187 Å². The minimum atomic E-state index is -1.16. The molecule has 0 aliphatic carbocycles.